The molecular formula is C18H22OS. The van der Waals surface area contributed by atoms with Crippen molar-refractivity contribution >= 4 is 17.5 Å². The number of hydrogen-bond acceptors (Lipinski definition) is 2. The molecule has 106 valence electrons. The third-order valence-corrected chi connectivity index (χ3v) is 6.38. The largest absolute Gasteiger partial charge is 0.295 e. The average molecular weight is 286 g/mol. The fourth-order valence-corrected chi connectivity index (χ4v) is 5.00. The Bertz CT molecular complexity index is 534. The van der Waals surface area contributed by atoms with E-state index in [9.17, 15) is 4.79 Å². The maximum atomic E-state index is 11.8. The van der Waals surface area contributed by atoms with Crippen molar-refractivity contribution < 1.29 is 4.79 Å². The van der Waals surface area contributed by atoms with Crippen molar-refractivity contribution in [2.45, 2.75) is 49.7 Å². The van der Waals surface area contributed by atoms with E-state index in [1.165, 1.54) is 23.3 Å². The lowest BCUT2D eigenvalue weighted by atomic mass is 9.60. The first-order valence-corrected chi connectivity index (χ1v) is 8.41. The van der Waals surface area contributed by atoms with E-state index in [1.54, 1.807) is 0 Å². The van der Waals surface area contributed by atoms with Gasteiger partial charge in [-0.3, -0.25) is 4.79 Å². The van der Waals surface area contributed by atoms with E-state index in [4.69, 9.17) is 0 Å². The van der Waals surface area contributed by atoms with Gasteiger partial charge in [0.2, 0.25) is 0 Å². The molecule has 0 spiro atoms. The van der Waals surface area contributed by atoms with Gasteiger partial charge in [0.1, 0.15) is 0 Å². The highest BCUT2D eigenvalue weighted by Crippen LogP contribution is 2.52. The topological polar surface area (TPSA) is 17.1 Å². The molecule has 0 radical (unpaired) electrons. The minimum atomic E-state index is 0.235. The van der Waals surface area contributed by atoms with Crippen molar-refractivity contribution in [1.29, 1.82) is 0 Å². The predicted molar refractivity (Wildman–Crippen MR) is 84.9 cm³/mol. The molecule has 0 aliphatic heterocycles. The zero-order valence-electron chi connectivity index (χ0n) is 12.3. The molecule has 2 aliphatic carbocycles. The molecule has 2 aliphatic rings. The van der Waals surface area contributed by atoms with E-state index in [2.05, 4.69) is 44.2 Å². The first-order chi connectivity index (χ1) is 9.58. The van der Waals surface area contributed by atoms with Crippen molar-refractivity contribution in [1.82, 2.24) is 0 Å². The zero-order chi connectivity index (χ0) is 14.2. The summed E-state index contributed by atoms with van der Waals surface area (Å²) in [7, 11) is 0. The number of hydrogen-bond donors (Lipinski definition) is 0. The number of ketones is 1. The minimum absolute atomic E-state index is 0.235. The Morgan fingerprint density at radius 2 is 2.00 bits per heavy atom. The summed E-state index contributed by atoms with van der Waals surface area (Å²) >= 11 is 2.01. The van der Waals surface area contributed by atoms with Crippen LogP contribution in [0.2, 0.25) is 0 Å². The highest BCUT2D eigenvalue weighted by Gasteiger charge is 2.43. The van der Waals surface area contributed by atoms with E-state index in [1.807, 2.05) is 17.8 Å². The Hall–Kier alpha value is -1.02. The maximum Gasteiger partial charge on any atom is 0.155 e. The number of allylic oxidation sites excluding steroid dienone is 2. The van der Waals surface area contributed by atoms with Crippen LogP contribution in [0.25, 0.3) is 0 Å². The third-order valence-electron chi connectivity index (χ3n) is 5.10. The first kappa shape index (κ1) is 13.9. The van der Waals surface area contributed by atoms with Crippen LogP contribution in [0.1, 0.15) is 39.5 Å². The number of thioether (sulfide) groups is 1. The molecule has 3 atom stereocenters. The van der Waals surface area contributed by atoms with Gasteiger partial charge in [-0.1, -0.05) is 37.6 Å². The standard InChI is InChI=1S/C18H22OS/c1-13-10-15(19)11-14-8-9-17(12-18(13,14)2)20-16-6-4-3-5-7-16/h3-7,11,13,17H,8-10,12H2,1-2H3/t13-,17-,18+/m1/s1. The van der Waals surface area contributed by atoms with Crippen molar-refractivity contribution in [2.24, 2.45) is 11.3 Å². The van der Waals surface area contributed by atoms with Crippen molar-refractivity contribution in [3.8, 4) is 0 Å². The molecule has 2 heteroatoms. The molecule has 0 unspecified atom stereocenters. The molecule has 20 heavy (non-hydrogen) atoms. The summed E-state index contributed by atoms with van der Waals surface area (Å²) in [6.07, 6.45) is 6.16. The molecule has 0 heterocycles. The van der Waals surface area contributed by atoms with Crippen molar-refractivity contribution in [3.05, 3.63) is 42.0 Å². The van der Waals surface area contributed by atoms with Gasteiger partial charge in [0.25, 0.3) is 0 Å². The summed E-state index contributed by atoms with van der Waals surface area (Å²) < 4.78 is 0. The van der Waals surface area contributed by atoms with Crippen LogP contribution in [0.4, 0.5) is 0 Å². The van der Waals surface area contributed by atoms with Crippen molar-refractivity contribution in [2.75, 3.05) is 0 Å². The van der Waals surface area contributed by atoms with Crippen LogP contribution in [-0.2, 0) is 4.79 Å². The predicted octanol–water partition coefficient (Wildman–Crippen LogP) is 4.87. The number of rotatable bonds is 2. The first-order valence-electron chi connectivity index (χ1n) is 7.53. The van der Waals surface area contributed by atoms with E-state index in [-0.39, 0.29) is 5.41 Å². The lowest BCUT2D eigenvalue weighted by molar-refractivity contribution is -0.117. The molecule has 1 saturated carbocycles. The van der Waals surface area contributed by atoms with Crippen LogP contribution < -0.4 is 0 Å². The zero-order valence-corrected chi connectivity index (χ0v) is 13.1. The molecule has 0 bridgehead atoms. The molecule has 1 nitrogen and oxygen atoms in total. The maximum absolute atomic E-state index is 11.8. The molecule has 1 fully saturated rings. The summed E-state index contributed by atoms with van der Waals surface area (Å²) in [4.78, 5) is 13.1. The second-order valence-corrected chi connectivity index (χ2v) is 7.83. The molecule has 1 aromatic rings. The summed E-state index contributed by atoms with van der Waals surface area (Å²) in [6.45, 7) is 4.62. The number of fused-ring (bicyclic) bond motifs is 1. The Balaban J connectivity index is 1.77. The van der Waals surface area contributed by atoms with Gasteiger partial charge in [-0.2, -0.15) is 0 Å². The van der Waals surface area contributed by atoms with E-state index >= 15 is 0 Å². The highest BCUT2D eigenvalue weighted by atomic mass is 32.2. The monoisotopic (exact) mass is 286 g/mol. The molecule has 0 saturated heterocycles. The number of benzene rings is 1. The average Bonchev–Trinajstić information content (AvgIpc) is 2.42. The second kappa shape index (κ2) is 5.40. The third kappa shape index (κ3) is 2.58. The molecule has 3 rings (SSSR count). The summed E-state index contributed by atoms with van der Waals surface area (Å²) in [5.41, 5.74) is 1.64. The van der Waals surface area contributed by atoms with Crippen LogP contribution in [0.3, 0.4) is 0 Å². The summed E-state index contributed by atoms with van der Waals surface area (Å²) in [6, 6.07) is 10.7. The normalized spacial score (nSPS) is 33.5. The Labute approximate surface area is 125 Å². The van der Waals surface area contributed by atoms with Gasteiger partial charge in [-0.25, -0.2) is 0 Å². The van der Waals surface area contributed by atoms with Gasteiger partial charge in [0, 0.05) is 16.6 Å². The fraction of sp³-hybridized carbons (Fsp3) is 0.500. The summed E-state index contributed by atoms with van der Waals surface area (Å²) in [5, 5.41) is 0.676. The Morgan fingerprint density at radius 1 is 1.25 bits per heavy atom. The van der Waals surface area contributed by atoms with Crippen LogP contribution >= 0.6 is 11.8 Å². The number of carbonyl (C=O) groups excluding carboxylic acids is 1. The van der Waals surface area contributed by atoms with E-state index in [0.717, 1.165) is 12.8 Å². The van der Waals surface area contributed by atoms with Gasteiger partial charge in [0.05, 0.1) is 0 Å². The minimum Gasteiger partial charge on any atom is -0.295 e. The Morgan fingerprint density at radius 3 is 2.75 bits per heavy atom. The summed E-state index contributed by atoms with van der Waals surface area (Å²) in [5.74, 6) is 0.813. The smallest absolute Gasteiger partial charge is 0.155 e. The van der Waals surface area contributed by atoms with Gasteiger partial charge < -0.3 is 0 Å². The van der Waals surface area contributed by atoms with Gasteiger partial charge in [-0.05, 0) is 48.8 Å². The highest BCUT2D eigenvalue weighted by molar-refractivity contribution is 8.00. The second-order valence-electron chi connectivity index (χ2n) is 6.45. The van der Waals surface area contributed by atoms with E-state index in [0.29, 0.717) is 17.0 Å². The lowest BCUT2D eigenvalue weighted by Gasteiger charge is -2.46. The van der Waals surface area contributed by atoms with Crippen LogP contribution in [0.15, 0.2) is 46.9 Å². The van der Waals surface area contributed by atoms with Gasteiger partial charge in [0.15, 0.2) is 5.78 Å². The van der Waals surface area contributed by atoms with Crippen LogP contribution in [0, 0.1) is 11.3 Å². The SMILES string of the molecule is C[C@@H]1CC(=O)C=C2CC[C@@H](Sc3ccccc3)C[C@]21C. The lowest BCUT2D eigenvalue weighted by Crippen LogP contribution is -2.39. The van der Waals surface area contributed by atoms with E-state index < -0.39 is 0 Å². The molecular weight excluding hydrogens is 264 g/mol. The van der Waals surface area contributed by atoms with Gasteiger partial charge >= 0.3 is 0 Å². The Kier molecular flexibility index (Phi) is 3.76. The molecule has 0 amide bonds. The molecule has 1 aromatic carbocycles. The van der Waals surface area contributed by atoms with Crippen LogP contribution in [-0.4, -0.2) is 11.0 Å². The van der Waals surface area contributed by atoms with Gasteiger partial charge in [-0.15, -0.1) is 11.8 Å². The molecule has 0 N–H and O–H groups in total. The quantitative estimate of drug-likeness (QED) is 0.771. The molecule has 0 aromatic heterocycles. The van der Waals surface area contributed by atoms with Crippen molar-refractivity contribution in [3.63, 3.8) is 0 Å². The number of carbonyl (C=O) groups is 1. The van der Waals surface area contributed by atoms with Crippen LogP contribution in [0.5, 0.6) is 0 Å². The fourth-order valence-electron chi connectivity index (χ4n) is 3.64.